The third kappa shape index (κ3) is 6.12. The SMILES string of the molecule is CNCCC(=O)NCCCN1CCc2ccccc21.Cl.Cl. The number of hydrogen-bond acceptors (Lipinski definition) is 3. The number of hydrogen-bond donors (Lipinski definition) is 2. The Hall–Kier alpha value is -0.970. The molecule has 120 valence electrons. The summed E-state index contributed by atoms with van der Waals surface area (Å²) in [5, 5.41) is 5.94. The molecule has 0 spiro atoms. The van der Waals surface area contributed by atoms with Crippen molar-refractivity contribution in [2.24, 2.45) is 0 Å². The molecule has 0 aromatic heterocycles. The molecule has 0 atom stereocenters. The van der Waals surface area contributed by atoms with E-state index in [2.05, 4.69) is 39.8 Å². The molecule has 0 bridgehead atoms. The van der Waals surface area contributed by atoms with Crippen molar-refractivity contribution in [1.82, 2.24) is 10.6 Å². The number of fused-ring (bicyclic) bond motifs is 1. The predicted molar refractivity (Wildman–Crippen MR) is 93.0 cm³/mol. The molecule has 1 heterocycles. The molecule has 1 aromatic rings. The van der Waals surface area contributed by atoms with Crippen LogP contribution in [-0.4, -0.2) is 39.1 Å². The van der Waals surface area contributed by atoms with E-state index in [1.807, 2.05) is 7.05 Å². The Balaban J connectivity index is 0.00000200. The maximum Gasteiger partial charge on any atom is 0.221 e. The van der Waals surface area contributed by atoms with Crippen molar-refractivity contribution in [3.05, 3.63) is 29.8 Å². The first-order chi connectivity index (χ1) is 9.31. The number of halogens is 2. The van der Waals surface area contributed by atoms with Gasteiger partial charge in [0.15, 0.2) is 0 Å². The van der Waals surface area contributed by atoms with Crippen LogP contribution in [-0.2, 0) is 11.2 Å². The van der Waals surface area contributed by atoms with E-state index in [1.165, 1.54) is 11.3 Å². The average Bonchev–Trinajstić information content (AvgIpc) is 2.85. The van der Waals surface area contributed by atoms with Crippen molar-refractivity contribution in [2.75, 3.05) is 38.1 Å². The lowest BCUT2D eigenvalue weighted by molar-refractivity contribution is -0.120. The molecule has 0 aliphatic carbocycles. The second-order valence-corrected chi connectivity index (χ2v) is 4.92. The summed E-state index contributed by atoms with van der Waals surface area (Å²) in [6.45, 7) is 3.63. The van der Waals surface area contributed by atoms with Crippen molar-refractivity contribution in [3.8, 4) is 0 Å². The van der Waals surface area contributed by atoms with Crippen molar-refractivity contribution in [3.63, 3.8) is 0 Å². The van der Waals surface area contributed by atoms with Gasteiger partial charge in [-0.2, -0.15) is 0 Å². The average molecular weight is 334 g/mol. The minimum Gasteiger partial charge on any atom is -0.371 e. The van der Waals surface area contributed by atoms with Crippen LogP contribution in [0.1, 0.15) is 18.4 Å². The highest BCUT2D eigenvalue weighted by atomic mass is 35.5. The number of nitrogens with one attached hydrogen (secondary N) is 2. The van der Waals surface area contributed by atoms with Gasteiger partial charge in [-0.1, -0.05) is 18.2 Å². The third-order valence-electron chi connectivity index (χ3n) is 3.51. The first-order valence-corrected chi connectivity index (χ1v) is 7.05. The summed E-state index contributed by atoms with van der Waals surface area (Å²) in [4.78, 5) is 13.8. The number of amides is 1. The quantitative estimate of drug-likeness (QED) is 0.750. The Kier molecular flexibility index (Phi) is 10.2. The molecule has 0 radical (unpaired) electrons. The first kappa shape index (κ1) is 20.0. The van der Waals surface area contributed by atoms with Crippen LogP contribution < -0.4 is 15.5 Å². The molecule has 6 heteroatoms. The molecule has 4 nitrogen and oxygen atoms in total. The van der Waals surface area contributed by atoms with Gasteiger partial charge in [0.05, 0.1) is 0 Å². The second kappa shape index (κ2) is 10.7. The van der Waals surface area contributed by atoms with Gasteiger partial charge in [0, 0.05) is 38.3 Å². The number of carbonyl (C=O) groups is 1. The molecule has 1 aliphatic rings. The van der Waals surface area contributed by atoms with Crippen molar-refractivity contribution >= 4 is 36.4 Å². The number of para-hydroxylation sites is 1. The van der Waals surface area contributed by atoms with Crippen LogP contribution in [0.4, 0.5) is 5.69 Å². The standard InChI is InChI=1S/C15H23N3O.2ClH/c1-16-10-7-15(19)17-9-4-11-18-12-8-13-5-2-3-6-14(13)18;;/h2-3,5-6,16H,4,7-12H2,1H3,(H,17,19);2*1H. The number of carbonyl (C=O) groups excluding carboxylic acids is 1. The van der Waals surface area contributed by atoms with Gasteiger partial charge in [0.1, 0.15) is 0 Å². The van der Waals surface area contributed by atoms with E-state index in [-0.39, 0.29) is 30.7 Å². The Labute approximate surface area is 139 Å². The molecule has 1 amide bonds. The molecule has 1 aliphatic heterocycles. The molecule has 2 rings (SSSR count). The lowest BCUT2D eigenvalue weighted by atomic mass is 10.2. The molecule has 0 saturated heterocycles. The highest BCUT2D eigenvalue weighted by Gasteiger charge is 2.17. The van der Waals surface area contributed by atoms with E-state index < -0.39 is 0 Å². The molecule has 2 N–H and O–H groups in total. The Morgan fingerprint density at radius 1 is 1.24 bits per heavy atom. The van der Waals surface area contributed by atoms with Crippen LogP contribution in [0.25, 0.3) is 0 Å². The van der Waals surface area contributed by atoms with E-state index in [0.29, 0.717) is 6.42 Å². The maximum atomic E-state index is 11.4. The largest absolute Gasteiger partial charge is 0.371 e. The van der Waals surface area contributed by atoms with Gasteiger partial charge in [-0.15, -0.1) is 24.8 Å². The topological polar surface area (TPSA) is 44.4 Å². The zero-order valence-corrected chi connectivity index (χ0v) is 14.1. The van der Waals surface area contributed by atoms with Crippen LogP contribution in [0.3, 0.4) is 0 Å². The van der Waals surface area contributed by atoms with Gasteiger partial charge in [0.25, 0.3) is 0 Å². The Morgan fingerprint density at radius 2 is 2.00 bits per heavy atom. The summed E-state index contributed by atoms with van der Waals surface area (Å²) in [7, 11) is 1.86. The van der Waals surface area contributed by atoms with Crippen LogP contribution >= 0.6 is 24.8 Å². The van der Waals surface area contributed by atoms with Crippen LogP contribution in [0.2, 0.25) is 0 Å². The fraction of sp³-hybridized carbons (Fsp3) is 0.533. The fourth-order valence-corrected chi connectivity index (χ4v) is 2.46. The molecular formula is C15H25Cl2N3O. The highest BCUT2D eigenvalue weighted by Crippen LogP contribution is 2.27. The zero-order chi connectivity index (χ0) is 13.5. The summed E-state index contributed by atoms with van der Waals surface area (Å²) in [5.41, 5.74) is 2.81. The maximum absolute atomic E-state index is 11.4. The smallest absolute Gasteiger partial charge is 0.221 e. The van der Waals surface area contributed by atoms with E-state index in [4.69, 9.17) is 0 Å². The van der Waals surface area contributed by atoms with E-state index in [1.54, 1.807) is 0 Å². The van der Waals surface area contributed by atoms with Gasteiger partial charge in [-0.3, -0.25) is 4.79 Å². The molecule has 0 saturated carbocycles. The van der Waals surface area contributed by atoms with Crippen LogP contribution in [0, 0.1) is 0 Å². The van der Waals surface area contributed by atoms with Crippen LogP contribution in [0.15, 0.2) is 24.3 Å². The third-order valence-corrected chi connectivity index (χ3v) is 3.51. The van der Waals surface area contributed by atoms with Gasteiger partial charge in [0.2, 0.25) is 5.91 Å². The molecular weight excluding hydrogens is 309 g/mol. The zero-order valence-electron chi connectivity index (χ0n) is 12.4. The lowest BCUT2D eigenvalue weighted by Gasteiger charge is -2.19. The highest BCUT2D eigenvalue weighted by molar-refractivity contribution is 5.85. The predicted octanol–water partition coefficient (Wildman–Crippen LogP) is 2.01. The Bertz CT molecular complexity index is 429. The van der Waals surface area contributed by atoms with Crippen LogP contribution in [0.5, 0.6) is 0 Å². The summed E-state index contributed by atoms with van der Waals surface area (Å²) in [5.74, 6) is 0.135. The van der Waals surface area contributed by atoms with Gasteiger partial charge >= 0.3 is 0 Å². The summed E-state index contributed by atoms with van der Waals surface area (Å²) in [6.07, 6.45) is 2.70. The summed E-state index contributed by atoms with van der Waals surface area (Å²) < 4.78 is 0. The molecule has 1 aromatic carbocycles. The monoisotopic (exact) mass is 333 g/mol. The minimum absolute atomic E-state index is 0. The van der Waals surface area contributed by atoms with E-state index in [9.17, 15) is 4.79 Å². The van der Waals surface area contributed by atoms with Crippen molar-refractivity contribution in [2.45, 2.75) is 19.3 Å². The van der Waals surface area contributed by atoms with Gasteiger partial charge < -0.3 is 15.5 Å². The second-order valence-electron chi connectivity index (χ2n) is 4.92. The number of anilines is 1. The lowest BCUT2D eigenvalue weighted by Crippen LogP contribution is -2.30. The first-order valence-electron chi connectivity index (χ1n) is 7.05. The normalized spacial score (nSPS) is 12.1. The number of nitrogens with zero attached hydrogens (tertiary/aromatic N) is 1. The van der Waals surface area contributed by atoms with Crippen molar-refractivity contribution < 1.29 is 4.79 Å². The fourth-order valence-electron chi connectivity index (χ4n) is 2.46. The molecule has 0 fully saturated rings. The number of benzene rings is 1. The summed E-state index contributed by atoms with van der Waals surface area (Å²) >= 11 is 0. The van der Waals surface area contributed by atoms with E-state index in [0.717, 1.165) is 39.0 Å². The van der Waals surface area contributed by atoms with Gasteiger partial charge in [-0.25, -0.2) is 0 Å². The summed E-state index contributed by atoms with van der Waals surface area (Å²) in [6, 6.07) is 8.59. The molecule has 21 heavy (non-hydrogen) atoms. The Morgan fingerprint density at radius 3 is 2.76 bits per heavy atom. The van der Waals surface area contributed by atoms with Gasteiger partial charge in [-0.05, 0) is 31.5 Å². The van der Waals surface area contributed by atoms with Crippen molar-refractivity contribution in [1.29, 1.82) is 0 Å². The molecule has 0 unspecified atom stereocenters. The minimum atomic E-state index is 0. The number of rotatable bonds is 7. The van der Waals surface area contributed by atoms with E-state index >= 15 is 0 Å².